The predicted molar refractivity (Wildman–Crippen MR) is 86.1 cm³/mol. The first-order chi connectivity index (χ1) is 9.87. The van der Waals surface area contributed by atoms with E-state index in [0.717, 1.165) is 17.9 Å². The highest BCUT2D eigenvalue weighted by atomic mass is 35.5. The van der Waals surface area contributed by atoms with E-state index in [2.05, 4.69) is 26.1 Å². The van der Waals surface area contributed by atoms with Gasteiger partial charge in [0, 0.05) is 17.6 Å². The lowest BCUT2D eigenvalue weighted by molar-refractivity contribution is 0.267. The summed E-state index contributed by atoms with van der Waals surface area (Å²) in [5.41, 5.74) is 1.12. The molecule has 1 aromatic carbocycles. The van der Waals surface area contributed by atoms with Crippen molar-refractivity contribution < 1.29 is 9.15 Å². The van der Waals surface area contributed by atoms with Crippen LogP contribution in [0.3, 0.4) is 0 Å². The van der Waals surface area contributed by atoms with Crippen LogP contribution in [-0.2, 0) is 13.2 Å². The van der Waals surface area contributed by atoms with Crippen molar-refractivity contribution >= 4 is 23.2 Å². The molecule has 1 heterocycles. The van der Waals surface area contributed by atoms with Crippen molar-refractivity contribution in [3.63, 3.8) is 0 Å². The molecule has 0 aliphatic heterocycles. The summed E-state index contributed by atoms with van der Waals surface area (Å²) in [7, 11) is 0. The fourth-order valence-corrected chi connectivity index (χ4v) is 2.10. The second kappa shape index (κ2) is 6.73. The zero-order chi connectivity index (χ0) is 15.5. The Morgan fingerprint density at radius 2 is 1.95 bits per heavy atom. The van der Waals surface area contributed by atoms with E-state index < -0.39 is 0 Å². The summed E-state index contributed by atoms with van der Waals surface area (Å²) in [6, 6.07) is 7.25. The number of benzene rings is 1. The maximum absolute atomic E-state index is 6.09. The molecule has 1 aromatic heterocycles. The fourth-order valence-electron chi connectivity index (χ4n) is 1.75. The van der Waals surface area contributed by atoms with Gasteiger partial charge in [-0.15, -0.1) is 0 Å². The van der Waals surface area contributed by atoms with Crippen molar-refractivity contribution in [2.24, 2.45) is 0 Å². The van der Waals surface area contributed by atoms with Gasteiger partial charge in [-0.2, -0.15) is 0 Å². The summed E-state index contributed by atoms with van der Waals surface area (Å²) in [4.78, 5) is 0. The van der Waals surface area contributed by atoms with Gasteiger partial charge in [0.05, 0.1) is 11.3 Å². The fraction of sp³-hybridized carbons (Fsp3) is 0.375. The molecule has 0 aliphatic carbocycles. The Balaban J connectivity index is 2.01. The van der Waals surface area contributed by atoms with Gasteiger partial charge < -0.3 is 14.5 Å². The first-order valence-corrected chi connectivity index (χ1v) is 7.49. The first-order valence-electron chi connectivity index (χ1n) is 6.74. The maximum atomic E-state index is 6.09. The summed E-state index contributed by atoms with van der Waals surface area (Å²) in [6.07, 6.45) is 1.66. The number of halogens is 2. The monoisotopic (exact) mass is 327 g/mol. The van der Waals surface area contributed by atoms with Crippen molar-refractivity contribution in [2.45, 2.75) is 39.5 Å². The van der Waals surface area contributed by atoms with E-state index in [-0.39, 0.29) is 5.54 Å². The number of hydrogen-bond donors (Lipinski definition) is 1. The molecule has 0 spiro atoms. The van der Waals surface area contributed by atoms with Gasteiger partial charge in [-0.25, -0.2) is 0 Å². The second-order valence-corrected chi connectivity index (χ2v) is 6.60. The standard InChI is InChI=1S/C16H19Cl2NO2/c1-16(2,3)19-9-11-7-8-20-14(11)10-21-13-6-4-5-12(17)15(13)18/h4-8,19H,9-10H2,1-3H3. The quantitative estimate of drug-likeness (QED) is 0.834. The average molecular weight is 328 g/mol. The number of ether oxygens (including phenoxy) is 1. The summed E-state index contributed by atoms with van der Waals surface area (Å²) >= 11 is 12.1. The third-order valence-corrected chi connectivity index (χ3v) is 3.72. The summed E-state index contributed by atoms with van der Waals surface area (Å²) in [6.45, 7) is 7.40. The minimum atomic E-state index is 0.0473. The van der Waals surface area contributed by atoms with Crippen LogP contribution in [0, 0.1) is 0 Å². The van der Waals surface area contributed by atoms with Gasteiger partial charge in [0.25, 0.3) is 0 Å². The van der Waals surface area contributed by atoms with Crippen LogP contribution in [-0.4, -0.2) is 5.54 Å². The van der Waals surface area contributed by atoms with Gasteiger partial charge in [0.2, 0.25) is 0 Å². The van der Waals surface area contributed by atoms with E-state index in [9.17, 15) is 0 Å². The van der Waals surface area contributed by atoms with E-state index in [4.69, 9.17) is 32.4 Å². The zero-order valence-corrected chi connectivity index (χ0v) is 13.9. The van der Waals surface area contributed by atoms with E-state index in [1.54, 1.807) is 24.5 Å². The Morgan fingerprint density at radius 1 is 1.19 bits per heavy atom. The van der Waals surface area contributed by atoms with Crippen molar-refractivity contribution in [1.82, 2.24) is 5.32 Å². The number of nitrogens with one attached hydrogen (secondary N) is 1. The summed E-state index contributed by atoms with van der Waals surface area (Å²) in [5, 5.41) is 4.31. The second-order valence-electron chi connectivity index (χ2n) is 5.81. The molecule has 0 amide bonds. The van der Waals surface area contributed by atoms with Gasteiger partial charge in [-0.05, 0) is 39.0 Å². The largest absolute Gasteiger partial charge is 0.484 e. The van der Waals surface area contributed by atoms with Crippen LogP contribution >= 0.6 is 23.2 Å². The molecule has 0 atom stereocenters. The summed E-state index contributed by atoms with van der Waals surface area (Å²) < 4.78 is 11.2. The minimum Gasteiger partial charge on any atom is -0.484 e. The Kier molecular flexibility index (Phi) is 5.20. The molecule has 114 valence electrons. The topological polar surface area (TPSA) is 34.4 Å². The van der Waals surface area contributed by atoms with Gasteiger partial charge in [-0.3, -0.25) is 0 Å². The van der Waals surface area contributed by atoms with E-state index in [0.29, 0.717) is 22.4 Å². The molecule has 21 heavy (non-hydrogen) atoms. The molecule has 0 bridgehead atoms. The smallest absolute Gasteiger partial charge is 0.146 e. The molecular weight excluding hydrogens is 309 g/mol. The van der Waals surface area contributed by atoms with Crippen LogP contribution < -0.4 is 10.1 Å². The van der Waals surface area contributed by atoms with Gasteiger partial charge >= 0.3 is 0 Å². The van der Waals surface area contributed by atoms with Crippen molar-refractivity contribution in [3.8, 4) is 5.75 Å². The lowest BCUT2D eigenvalue weighted by Gasteiger charge is -2.20. The number of furan rings is 1. The highest BCUT2D eigenvalue weighted by Gasteiger charge is 2.13. The predicted octanol–water partition coefficient (Wildman–Crippen LogP) is 5.05. The Bertz CT molecular complexity index is 603. The molecule has 0 unspecified atom stereocenters. The molecule has 3 nitrogen and oxygen atoms in total. The lowest BCUT2D eigenvalue weighted by atomic mass is 10.1. The van der Waals surface area contributed by atoms with Crippen LogP contribution in [0.15, 0.2) is 34.9 Å². The molecule has 2 rings (SSSR count). The molecule has 1 N–H and O–H groups in total. The van der Waals surface area contributed by atoms with E-state index in [1.807, 2.05) is 6.07 Å². The highest BCUT2D eigenvalue weighted by molar-refractivity contribution is 6.42. The lowest BCUT2D eigenvalue weighted by Crippen LogP contribution is -2.35. The van der Waals surface area contributed by atoms with Crippen LogP contribution in [0.1, 0.15) is 32.1 Å². The maximum Gasteiger partial charge on any atom is 0.146 e. The Morgan fingerprint density at radius 3 is 2.67 bits per heavy atom. The Labute approximate surface area is 135 Å². The van der Waals surface area contributed by atoms with Gasteiger partial charge in [0.15, 0.2) is 0 Å². The van der Waals surface area contributed by atoms with Crippen LogP contribution in [0.4, 0.5) is 0 Å². The first kappa shape index (κ1) is 16.2. The van der Waals surface area contributed by atoms with Crippen LogP contribution in [0.2, 0.25) is 10.0 Å². The van der Waals surface area contributed by atoms with Crippen LogP contribution in [0.5, 0.6) is 5.75 Å². The normalized spacial score (nSPS) is 11.7. The molecule has 0 saturated heterocycles. The van der Waals surface area contributed by atoms with Crippen molar-refractivity contribution in [2.75, 3.05) is 0 Å². The van der Waals surface area contributed by atoms with Gasteiger partial charge in [0.1, 0.15) is 23.1 Å². The van der Waals surface area contributed by atoms with Crippen molar-refractivity contribution in [1.29, 1.82) is 0 Å². The minimum absolute atomic E-state index is 0.0473. The SMILES string of the molecule is CC(C)(C)NCc1ccoc1COc1cccc(Cl)c1Cl. The van der Waals surface area contributed by atoms with Crippen LogP contribution in [0.25, 0.3) is 0 Å². The zero-order valence-electron chi connectivity index (χ0n) is 12.4. The third-order valence-electron chi connectivity index (χ3n) is 2.92. The molecule has 5 heteroatoms. The average Bonchev–Trinajstić information content (AvgIpc) is 2.85. The Hall–Kier alpha value is -1.16. The van der Waals surface area contributed by atoms with Crippen molar-refractivity contribution in [3.05, 3.63) is 51.9 Å². The third kappa shape index (κ3) is 4.67. The molecule has 0 fully saturated rings. The number of hydrogen-bond acceptors (Lipinski definition) is 3. The molecule has 0 radical (unpaired) electrons. The molecular formula is C16H19Cl2NO2. The molecule has 2 aromatic rings. The number of rotatable bonds is 5. The molecule has 0 saturated carbocycles. The van der Waals surface area contributed by atoms with Gasteiger partial charge in [-0.1, -0.05) is 29.3 Å². The van der Waals surface area contributed by atoms with E-state index >= 15 is 0 Å². The van der Waals surface area contributed by atoms with E-state index in [1.165, 1.54) is 0 Å². The summed E-state index contributed by atoms with van der Waals surface area (Å²) in [5.74, 6) is 1.33. The highest BCUT2D eigenvalue weighted by Crippen LogP contribution is 2.32. The molecule has 0 aliphatic rings.